The van der Waals surface area contributed by atoms with E-state index in [1.54, 1.807) is 12.1 Å². The summed E-state index contributed by atoms with van der Waals surface area (Å²) in [5.74, 6) is -2.69. The molecule has 0 aliphatic carbocycles. The molecule has 0 aliphatic heterocycles. The van der Waals surface area contributed by atoms with Crippen LogP contribution in [0.1, 0.15) is 0 Å². The number of aromatic nitrogens is 2. The number of furan rings is 1. The Morgan fingerprint density at radius 3 is 2.75 bits per heavy atom. The lowest BCUT2D eigenvalue weighted by Gasteiger charge is -2.04. The molecule has 0 spiro atoms. The summed E-state index contributed by atoms with van der Waals surface area (Å²) in [7, 11) is 0. The second kappa shape index (κ2) is 4.44. The van der Waals surface area contributed by atoms with Gasteiger partial charge < -0.3 is 14.1 Å². The van der Waals surface area contributed by atoms with Crippen LogP contribution in [0.3, 0.4) is 0 Å². The Labute approximate surface area is 111 Å². The first-order valence-corrected chi connectivity index (χ1v) is 5.67. The van der Waals surface area contributed by atoms with Gasteiger partial charge in [0.1, 0.15) is 6.54 Å². The Morgan fingerprint density at radius 2 is 2.10 bits per heavy atom. The molecule has 0 bridgehead atoms. The van der Waals surface area contributed by atoms with Gasteiger partial charge in [0.15, 0.2) is 23.2 Å². The maximum Gasteiger partial charge on any atom is 0.323 e. The minimum absolute atomic E-state index is 0.163. The second-order valence-electron chi connectivity index (χ2n) is 4.15. The first kappa shape index (κ1) is 12.3. The smallest absolute Gasteiger partial charge is 0.323 e. The molecular weight excluding hydrogens is 270 g/mol. The van der Waals surface area contributed by atoms with Gasteiger partial charge in [-0.05, 0) is 12.1 Å². The number of carboxylic acid groups (broad SMARTS) is 1. The molecule has 2 heterocycles. The standard InChI is InChI=1S/C13H8F2N2O3/c14-7-4-9-10(5-8(7)15)17(6-12(18)19)13(16-9)11-2-1-3-20-11/h1-5H,6H2,(H,18,19). The predicted molar refractivity (Wildman–Crippen MR) is 65.0 cm³/mol. The number of carbonyl (C=O) groups is 1. The van der Waals surface area contributed by atoms with E-state index in [9.17, 15) is 13.6 Å². The van der Waals surface area contributed by atoms with Crippen molar-refractivity contribution in [2.24, 2.45) is 0 Å². The Bertz CT molecular complexity index is 794. The monoisotopic (exact) mass is 278 g/mol. The molecule has 1 N–H and O–H groups in total. The number of rotatable bonds is 3. The largest absolute Gasteiger partial charge is 0.480 e. The number of fused-ring (bicyclic) bond motifs is 1. The van der Waals surface area contributed by atoms with Gasteiger partial charge in [-0.2, -0.15) is 0 Å². The summed E-state index contributed by atoms with van der Waals surface area (Å²) in [5, 5.41) is 8.94. The van der Waals surface area contributed by atoms with E-state index in [4.69, 9.17) is 9.52 Å². The van der Waals surface area contributed by atoms with Crippen LogP contribution in [0.5, 0.6) is 0 Å². The van der Waals surface area contributed by atoms with Crippen molar-refractivity contribution in [2.45, 2.75) is 6.54 Å². The maximum atomic E-state index is 13.3. The highest BCUT2D eigenvalue weighted by molar-refractivity contribution is 5.82. The SMILES string of the molecule is O=C(O)Cn1c(-c2ccco2)nc2cc(F)c(F)cc21. The zero-order chi connectivity index (χ0) is 14.3. The van der Waals surface area contributed by atoms with Gasteiger partial charge in [-0.1, -0.05) is 0 Å². The van der Waals surface area contributed by atoms with Crippen molar-refractivity contribution < 1.29 is 23.1 Å². The quantitative estimate of drug-likeness (QED) is 0.799. The van der Waals surface area contributed by atoms with Crippen molar-refractivity contribution in [2.75, 3.05) is 0 Å². The number of imidazole rings is 1. The average molecular weight is 278 g/mol. The molecule has 2 aromatic heterocycles. The van der Waals surface area contributed by atoms with Gasteiger partial charge in [0, 0.05) is 12.1 Å². The number of carboxylic acids is 1. The first-order chi connectivity index (χ1) is 9.56. The molecule has 0 fully saturated rings. The van der Waals surface area contributed by atoms with E-state index in [0.29, 0.717) is 5.76 Å². The molecule has 1 aromatic carbocycles. The summed E-state index contributed by atoms with van der Waals surface area (Å²) < 4.78 is 33.0. The molecule has 20 heavy (non-hydrogen) atoms. The van der Waals surface area contributed by atoms with Crippen LogP contribution in [0.15, 0.2) is 34.9 Å². The lowest BCUT2D eigenvalue weighted by Crippen LogP contribution is -2.10. The number of hydrogen-bond donors (Lipinski definition) is 1. The highest BCUT2D eigenvalue weighted by Gasteiger charge is 2.18. The predicted octanol–water partition coefficient (Wildman–Crippen LogP) is 2.66. The van der Waals surface area contributed by atoms with Gasteiger partial charge in [0.25, 0.3) is 0 Å². The van der Waals surface area contributed by atoms with Crippen LogP contribution in [-0.4, -0.2) is 20.6 Å². The molecule has 0 unspecified atom stereocenters. The van der Waals surface area contributed by atoms with Crippen molar-refractivity contribution >= 4 is 17.0 Å². The normalized spacial score (nSPS) is 11.1. The van der Waals surface area contributed by atoms with Crippen molar-refractivity contribution in [1.29, 1.82) is 0 Å². The van der Waals surface area contributed by atoms with Crippen LogP contribution < -0.4 is 0 Å². The Hall–Kier alpha value is -2.70. The van der Waals surface area contributed by atoms with Gasteiger partial charge in [-0.3, -0.25) is 4.79 Å². The number of hydrogen-bond acceptors (Lipinski definition) is 3. The fraction of sp³-hybridized carbons (Fsp3) is 0.0769. The molecule has 0 aliphatic rings. The third kappa shape index (κ3) is 1.93. The van der Waals surface area contributed by atoms with Crippen LogP contribution in [0.4, 0.5) is 8.78 Å². The molecule has 0 saturated carbocycles. The number of halogens is 2. The van der Waals surface area contributed by atoms with Crippen LogP contribution in [0.25, 0.3) is 22.6 Å². The van der Waals surface area contributed by atoms with E-state index in [0.717, 1.165) is 12.1 Å². The summed E-state index contributed by atoms with van der Waals surface area (Å²) in [6.07, 6.45) is 1.40. The van der Waals surface area contributed by atoms with Gasteiger partial charge in [-0.15, -0.1) is 0 Å². The lowest BCUT2D eigenvalue weighted by atomic mass is 10.3. The van der Waals surface area contributed by atoms with Crippen molar-refractivity contribution in [3.05, 3.63) is 42.2 Å². The second-order valence-corrected chi connectivity index (χ2v) is 4.15. The molecule has 7 heteroatoms. The molecule has 3 aromatic rings. The molecule has 3 rings (SSSR count). The first-order valence-electron chi connectivity index (χ1n) is 5.67. The Balaban J connectivity index is 2.30. The highest BCUT2D eigenvalue weighted by atomic mass is 19.2. The third-order valence-electron chi connectivity index (χ3n) is 2.83. The van der Waals surface area contributed by atoms with Gasteiger partial charge in [0.2, 0.25) is 0 Å². The van der Waals surface area contributed by atoms with E-state index in [-0.39, 0.29) is 16.9 Å². The summed E-state index contributed by atoms with van der Waals surface area (Å²) >= 11 is 0. The Morgan fingerprint density at radius 1 is 1.35 bits per heavy atom. The summed E-state index contributed by atoms with van der Waals surface area (Å²) in [6.45, 7) is -0.433. The molecule has 5 nitrogen and oxygen atoms in total. The van der Waals surface area contributed by atoms with Crippen LogP contribution >= 0.6 is 0 Å². The van der Waals surface area contributed by atoms with Gasteiger partial charge in [0.05, 0.1) is 17.3 Å². The Kier molecular flexibility index (Phi) is 2.74. The topological polar surface area (TPSA) is 68.3 Å². The minimum atomic E-state index is -1.12. The molecular formula is C13H8F2N2O3. The summed E-state index contributed by atoms with van der Waals surface area (Å²) in [5.41, 5.74) is 0.356. The minimum Gasteiger partial charge on any atom is -0.480 e. The van der Waals surface area contributed by atoms with E-state index in [2.05, 4.69) is 4.98 Å². The van der Waals surface area contributed by atoms with Crippen molar-refractivity contribution in [3.8, 4) is 11.6 Å². The maximum absolute atomic E-state index is 13.3. The number of aliphatic carboxylic acids is 1. The van der Waals surface area contributed by atoms with Gasteiger partial charge >= 0.3 is 5.97 Å². The third-order valence-corrected chi connectivity index (χ3v) is 2.83. The summed E-state index contributed by atoms with van der Waals surface area (Å²) in [4.78, 5) is 15.0. The van der Waals surface area contributed by atoms with E-state index >= 15 is 0 Å². The van der Waals surface area contributed by atoms with Crippen molar-refractivity contribution in [3.63, 3.8) is 0 Å². The molecule has 0 saturated heterocycles. The average Bonchev–Trinajstić information content (AvgIpc) is 2.99. The fourth-order valence-corrected chi connectivity index (χ4v) is 2.01. The molecule has 0 amide bonds. The van der Waals surface area contributed by atoms with E-state index < -0.39 is 24.1 Å². The fourth-order valence-electron chi connectivity index (χ4n) is 2.01. The summed E-state index contributed by atoms with van der Waals surface area (Å²) in [6, 6.07) is 5.05. The van der Waals surface area contributed by atoms with Crippen LogP contribution in [0, 0.1) is 11.6 Å². The van der Waals surface area contributed by atoms with Crippen LogP contribution in [-0.2, 0) is 11.3 Å². The highest BCUT2D eigenvalue weighted by Crippen LogP contribution is 2.26. The number of benzene rings is 1. The van der Waals surface area contributed by atoms with Crippen molar-refractivity contribution in [1.82, 2.24) is 9.55 Å². The lowest BCUT2D eigenvalue weighted by molar-refractivity contribution is -0.137. The van der Waals surface area contributed by atoms with E-state index in [1.807, 2.05) is 0 Å². The zero-order valence-corrected chi connectivity index (χ0v) is 10.0. The number of nitrogens with zero attached hydrogens (tertiary/aromatic N) is 2. The van der Waals surface area contributed by atoms with Gasteiger partial charge in [-0.25, -0.2) is 13.8 Å². The van der Waals surface area contributed by atoms with Crippen LogP contribution in [0.2, 0.25) is 0 Å². The zero-order valence-electron chi connectivity index (χ0n) is 10.0. The molecule has 0 radical (unpaired) electrons. The van der Waals surface area contributed by atoms with E-state index in [1.165, 1.54) is 10.8 Å². The molecule has 0 atom stereocenters. The molecule has 102 valence electrons.